The van der Waals surface area contributed by atoms with Crippen LogP contribution in [0.1, 0.15) is 35.2 Å². The number of benzene rings is 1. The fourth-order valence-corrected chi connectivity index (χ4v) is 3.23. The first-order valence-corrected chi connectivity index (χ1v) is 9.23. The molecule has 138 valence electrons. The highest BCUT2D eigenvalue weighted by Crippen LogP contribution is 2.16. The van der Waals surface area contributed by atoms with E-state index < -0.39 is 0 Å². The summed E-state index contributed by atoms with van der Waals surface area (Å²) in [6.45, 7) is 6.57. The first kappa shape index (κ1) is 18.4. The van der Waals surface area contributed by atoms with Gasteiger partial charge < -0.3 is 15.0 Å². The van der Waals surface area contributed by atoms with Crippen LogP contribution in [-0.4, -0.2) is 35.2 Å². The van der Waals surface area contributed by atoms with Gasteiger partial charge in [-0.3, -0.25) is 4.98 Å². The van der Waals surface area contributed by atoms with Crippen molar-refractivity contribution in [2.45, 2.75) is 45.9 Å². The zero-order valence-corrected chi connectivity index (χ0v) is 15.6. The molecule has 5 heteroatoms. The molecule has 0 bridgehead atoms. The Balaban J connectivity index is 1.66. The van der Waals surface area contributed by atoms with E-state index in [-0.39, 0.29) is 12.1 Å². The van der Waals surface area contributed by atoms with Crippen molar-refractivity contribution >= 4 is 6.03 Å². The first-order valence-electron chi connectivity index (χ1n) is 9.23. The van der Waals surface area contributed by atoms with Crippen LogP contribution in [0.2, 0.25) is 0 Å². The van der Waals surface area contributed by atoms with Gasteiger partial charge in [-0.15, -0.1) is 0 Å². The van der Waals surface area contributed by atoms with Crippen LogP contribution in [0.5, 0.6) is 0 Å². The van der Waals surface area contributed by atoms with Gasteiger partial charge in [-0.2, -0.15) is 0 Å². The lowest BCUT2D eigenvalue weighted by atomic mass is 10.0. The van der Waals surface area contributed by atoms with Crippen LogP contribution in [0.15, 0.2) is 42.6 Å². The summed E-state index contributed by atoms with van der Waals surface area (Å²) in [6, 6.07) is 11.9. The monoisotopic (exact) mass is 353 g/mol. The minimum atomic E-state index is -0.0768. The van der Waals surface area contributed by atoms with Crippen LogP contribution < -0.4 is 5.32 Å². The average molecular weight is 353 g/mol. The topological polar surface area (TPSA) is 54.5 Å². The van der Waals surface area contributed by atoms with Crippen molar-refractivity contribution in [2.75, 3.05) is 13.2 Å². The highest BCUT2D eigenvalue weighted by Gasteiger charge is 2.23. The predicted molar refractivity (Wildman–Crippen MR) is 102 cm³/mol. The van der Waals surface area contributed by atoms with Crippen molar-refractivity contribution in [1.82, 2.24) is 15.2 Å². The molecule has 26 heavy (non-hydrogen) atoms. The van der Waals surface area contributed by atoms with E-state index in [2.05, 4.69) is 36.3 Å². The van der Waals surface area contributed by atoms with Gasteiger partial charge in [0.15, 0.2) is 0 Å². The molecule has 2 aromatic rings. The standard InChI is InChI=1S/C21H27N3O2/c1-16-7-5-8-18(17(16)2)13-23-21(25)24(15-20-10-6-12-26-20)14-19-9-3-4-11-22-19/h3-5,7-9,11,20H,6,10,12-15H2,1-2H3,(H,23,25)/t20-/m1/s1. The maximum Gasteiger partial charge on any atom is 0.318 e. The number of ether oxygens (including phenoxy) is 1. The minimum absolute atomic E-state index is 0.0768. The highest BCUT2D eigenvalue weighted by molar-refractivity contribution is 5.74. The number of hydrogen-bond acceptors (Lipinski definition) is 3. The maximum absolute atomic E-state index is 12.8. The van der Waals surface area contributed by atoms with Crippen molar-refractivity contribution in [3.05, 3.63) is 65.0 Å². The molecule has 3 rings (SSSR count). The number of carbonyl (C=O) groups is 1. The number of pyridine rings is 1. The minimum Gasteiger partial charge on any atom is -0.376 e. The lowest BCUT2D eigenvalue weighted by molar-refractivity contribution is 0.0791. The SMILES string of the molecule is Cc1cccc(CNC(=O)N(Cc2ccccn2)C[C@H]2CCCO2)c1C. The fourth-order valence-electron chi connectivity index (χ4n) is 3.23. The molecule has 0 unspecified atom stereocenters. The Morgan fingerprint density at radius 3 is 2.88 bits per heavy atom. The summed E-state index contributed by atoms with van der Waals surface area (Å²) in [7, 11) is 0. The van der Waals surface area contributed by atoms with E-state index >= 15 is 0 Å². The Hall–Kier alpha value is -2.40. The van der Waals surface area contributed by atoms with Crippen LogP contribution in [0, 0.1) is 13.8 Å². The van der Waals surface area contributed by atoms with Gasteiger partial charge >= 0.3 is 6.03 Å². The summed E-state index contributed by atoms with van der Waals surface area (Å²) >= 11 is 0. The largest absolute Gasteiger partial charge is 0.376 e. The zero-order chi connectivity index (χ0) is 18.4. The summed E-state index contributed by atoms with van der Waals surface area (Å²) in [6.07, 6.45) is 3.94. The van der Waals surface area contributed by atoms with Gasteiger partial charge in [-0.1, -0.05) is 24.3 Å². The van der Waals surface area contributed by atoms with E-state index in [0.717, 1.165) is 30.7 Å². The summed E-state index contributed by atoms with van der Waals surface area (Å²) in [5.74, 6) is 0. The second kappa shape index (κ2) is 8.81. The van der Waals surface area contributed by atoms with Gasteiger partial charge in [0.05, 0.1) is 18.3 Å². The normalized spacial score (nSPS) is 16.5. The fraction of sp³-hybridized carbons (Fsp3) is 0.429. The van der Waals surface area contributed by atoms with E-state index in [0.29, 0.717) is 19.6 Å². The molecule has 0 spiro atoms. The maximum atomic E-state index is 12.8. The molecular formula is C21H27N3O2. The van der Waals surface area contributed by atoms with Gasteiger partial charge in [-0.25, -0.2) is 4.79 Å². The van der Waals surface area contributed by atoms with Gasteiger partial charge in [0.1, 0.15) is 0 Å². The van der Waals surface area contributed by atoms with E-state index in [1.54, 1.807) is 6.20 Å². The lowest BCUT2D eigenvalue weighted by Crippen LogP contribution is -2.43. The Bertz CT molecular complexity index is 727. The number of aryl methyl sites for hydroxylation is 1. The Labute approximate surface area is 155 Å². The van der Waals surface area contributed by atoms with Crippen LogP contribution >= 0.6 is 0 Å². The number of rotatable bonds is 6. The number of aromatic nitrogens is 1. The summed E-state index contributed by atoms with van der Waals surface area (Å²) in [5.41, 5.74) is 4.49. The molecule has 2 amide bonds. The molecule has 1 aromatic carbocycles. The molecule has 1 saturated heterocycles. The number of nitrogens with zero attached hydrogens (tertiary/aromatic N) is 2. The van der Waals surface area contributed by atoms with Gasteiger partial charge in [0.25, 0.3) is 0 Å². The van der Waals surface area contributed by atoms with Crippen molar-refractivity contribution in [1.29, 1.82) is 0 Å². The van der Waals surface area contributed by atoms with Crippen LogP contribution in [0.25, 0.3) is 0 Å². The van der Waals surface area contributed by atoms with Gasteiger partial charge in [-0.05, 0) is 55.5 Å². The molecule has 1 atom stereocenters. The van der Waals surface area contributed by atoms with E-state index in [4.69, 9.17) is 4.74 Å². The molecule has 1 aliphatic rings. The third-order valence-electron chi connectivity index (χ3n) is 4.96. The lowest BCUT2D eigenvalue weighted by Gasteiger charge is -2.25. The number of nitrogens with one attached hydrogen (secondary N) is 1. The number of hydrogen-bond donors (Lipinski definition) is 1. The van der Waals surface area contributed by atoms with Crippen LogP contribution in [-0.2, 0) is 17.8 Å². The highest BCUT2D eigenvalue weighted by atomic mass is 16.5. The molecular weight excluding hydrogens is 326 g/mol. The summed E-state index contributed by atoms with van der Waals surface area (Å²) in [5, 5.41) is 3.06. The van der Waals surface area contributed by atoms with E-state index in [1.165, 1.54) is 11.1 Å². The summed E-state index contributed by atoms with van der Waals surface area (Å²) in [4.78, 5) is 19.0. The average Bonchev–Trinajstić information content (AvgIpc) is 3.16. The third kappa shape index (κ3) is 4.82. The molecule has 2 heterocycles. The molecule has 0 saturated carbocycles. The van der Waals surface area contributed by atoms with Gasteiger partial charge in [0, 0.05) is 25.9 Å². The van der Waals surface area contributed by atoms with Crippen molar-refractivity contribution in [3.63, 3.8) is 0 Å². The third-order valence-corrected chi connectivity index (χ3v) is 4.96. The molecule has 1 N–H and O–H groups in total. The molecule has 1 aromatic heterocycles. The molecule has 1 aliphatic heterocycles. The Kier molecular flexibility index (Phi) is 6.23. The van der Waals surface area contributed by atoms with Crippen molar-refractivity contribution in [2.24, 2.45) is 0 Å². The molecule has 1 fully saturated rings. The zero-order valence-electron chi connectivity index (χ0n) is 15.6. The summed E-state index contributed by atoms with van der Waals surface area (Å²) < 4.78 is 5.73. The Morgan fingerprint density at radius 1 is 1.27 bits per heavy atom. The predicted octanol–water partition coefficient (Wildman–Crippen LogP) is 3.59. The smallest absolute Gasteiger partial charge is 0.318 e. The number of carbonyl (C=O) groups excluding carboxylic acids is 1. The van der Waals surface area contributed by atoms with Crippen LogP contribution in [0.3, 0.4) is 0 Å². The Morgan fingerprint density at radius 2 is 2.15 bits per heavy atom. The second-order valence-electron chi connectivity index (χ2n) is 6.85. The molecule has 0 aliphatic carbocycles. The first-order chi connectivity index (χ1) is 12.6. The molecule has 5 nitrogen and oxygen atoms in total. The van der Waals surface area contributed by atoms with E-state index in [9.17, 15) is 4.79 Å². The second-order valence-corrected chi connectivity index (χ2v) is 6.85. The van der Waals surface area contributed by atoms with E-state index in [1.807, 2.05) is 29.2 Å². The number of urea groups is 1. The molecule has 0 radical (unpaired) electrons. The van der Waals surface area contributed by atoms with Crippen molar-refractivity contribution in [3.8, 4) is 0 Å². The van der Waals surface area contributed by atoms with Crippen molar-refractivity contribution < 1.29 is 9.53 Å². The van der Waals surface area contributed by atoms with Gasteiger partial charge in [0.2, 0.25) is 0 Å². The van der Waals surface area contributed by atoms with Crippen LogP contribution in [0.4, 0.5) is 4.79 Å². The quantitative estimate of drug-likeness (QED) is 0.863. The number of amides is 2.